The van der Waals surface area contributed by atoms with Gasteiger partial charge in [0, 0.05) is 10.6 Å². The summed E-state index contributed by atoms with van der Waals surface area (Å²) in [6.45, 7) is 4.29. The largest absolute Gasteiger partial charge is 0.497 e. The second-order valence-corrected chi connectivity index (χ2v) is 5.61. The average molecular weight is 283 g/mol. The molecule has 1 unspecified atom stereocenters. The molecule has 0 aliphatic rings. The van der Waals surface area contributed by atoms with Gasteiger partial charge < -0.3 is 15.2 Å². The Balaban J connectivity index is 2.54. The number of rotatable bonds is 8. The lowest BCUT2D eigenvalue weighted by Crippen LogP contribution is -2.49. The van der Waals surface area contributed by atoms with E-state index in [-0.39, 0.29) is 0 Å². The molecule has 106 valence electrons. The van der Waals surface area contributed by atoms with E-state index in [1.807, 2.05) is 31.2 Å². The van der Waals surface area contributed by atoms with Crippen molar-refractivity contribution in [1.82, 2.24) is 5.32 Å². The third kappa shape index (κ3) is 4.76. The molecule has 1 atom stereocenters. The van der Waals surface area contributed by atoms with Crippen LogP contribution in [-0.2, 0) is 4.79 Å². The van der Waals surface area contributed by atoms with E-state index in [1.165, 1.54) is 0 Å². The summed E-state index contributed by atoms with van der Waals surface area (Å²) in [4.78, 5) is 12.3. The minimum Gasteiger partial charge on any atom is -0.497 e. The molecule has 0 spiro atoms. The smallest absolute Gasteiger partial charge is 0.323 e. The van der Waals surface area contributed by atoms with E-state index in [9.17, 15) is 9.90 Å². The summed E-state index contributed by atoms with van der Waals surface area (Å²) in [5.41, 5.74) is -0.860. The monoisotopic (exact) mass is 283 g/mol. The highest BCUT2D eigenvalue weighted by molar-refractivity contribution is 7.99. The van der Waals surface area contributed by atoms with Crippen molar-refractivity contribution in [3.63, 3.8) is 0 Å². The summed E-state index contributed by atoms with van der Waals surface area (Å²) < 4.78 is 5.16. The van der Waals surface area contributed by atoms with E-state index in [0.717, 1.165) is 16.4 Å². The number of ether oxygens (including phenoxy) is 1. The first kappa shape index (κ1) is 15.9. The second kappa shape index (κ2) is 7.40. The zero-order valence-electron chi connectivity index (χ0n) is 11.6. The van der Waals surface area contributed by atoms with E-state index >= 15 is 0 Å². The third-order valence-corrected chi connectivity index (χ3v) is 3.95. The number of carboxylic acids is 1. The maximum Gasteiger partial charge on any atom is 0.323 e. The van der Waals surface area contributed by atoms with Crippen LogP contribution in [0.4, 0.5) is 0 Å². The Morgan fingerprint density at radius 2 is 2.26 bits per heavy atom. The van der Waals surface area contributed by atoms with Crippen molar-refractivity contribution >= 4 is 17.7 Å². The van der Waals surface area contributed by atoms with Crippen molar-refractivity contribution in [1.29, 1.82) is 0 Å². The van der Waals surface area contributed by atoms with Crippen molar-refractivity contribution in [2.24, 2.45) is 0 Å². The van der Waals surface area contributed by atoms with Gasteiger partial charge in [-0.15, -0.1) is 11.8 Å². The van der Waals surface area contributed by atoms with Crippen LogP contribution in [0, 0.1) is 0 Å². The maximum absolute atomic E-state index is 11.3. The molecule has 0 bridgehead atoms. The van der Waals surface area contributed by atoms with E-state index in [2.05, 4.69) is 5.32 Å². The molecule has 0 heterocycles. The quantitative estimate of drug-likeness (QED) is 0.718. The van der Waals surface area contributed by atoms with Crippen LogP contribution in [0.1, 0.15) is 20.3 Å². The number of nitrogens with one attached hydrogen (secondary N) is 1. The second-order valence-electron chi connectivity index (χ2n) is 4.45. The van der Waals surface area contributed by atoms with Crippen LogP contribution < -0.4 is 10.1 Å². The van der Waals surface area contributed by atoms with Crippen LogP contribution in [0.3, 0.4) is 0 Å². The lowest BCUT2D eigenvalue weighted by molar-refractivity contribution is -0.144. The first-order valence-electron chi connectivity index (χ1n) is 6.27. The Kier molecular flexibility index (Phi) is 6.18. The zero-order valence-corrected chi connectivity index (χ0v) is 12.4. The van der Waals surface area contributed by atoms with Crippen LogP contribution in [0.2, 0.25) is 0 Å². The van der Waals surface area contributed by atoms with Gasteiger partial charge in [-0.05, 0) is 38.1 Å². The van der Waals surface area contributed by atoms with E-state index < -0.39 is 11.5 Å². The van der Waals surface area contributed by atoms with Gasteiger partial charge in [0.1, 0.15) is 11.3 Å². The number of aliphatic carboxylic acids is 1. The zero-order chi connectivity index (χ0) is 14.3. The van der Waals surface area contributed by atoms with Gasteiger partial charge >= 0.3 is 5.97 Å². The van der Waals surface area contributed by atoms with Crippen molar-refractivity contribution in [2.75, 3.05) is 19.4 Å². The Morgan fingerprint density at radius 1 is 1.53 bits per heavy atom. The summed E-state index contributed by atoms with van der Waals surface area (Å²) in [6.07, 6.45) is 0.568. The normalized spacial score (nSPS) is 13.8. The molecule has 2 N–H and O–H groups in total. The van der Waals surface area contributed by atoms with Crippen molar-refractivity contribution in [3.8, 4) is 5.75 Å². The Labute approximate surface area is 118 Å². The SMILES string of the molecule is CCNC(C)(CCSc1cccc(OC)c1)C(=O)O. The topological polar surface area (TPSA) is 58.6 Å². The van der Waals surface area contributed by atoms with Crippen LogP contribution >= 0.6 is 11.8 Å². The fourth-order valence-corrected chi connectivity index (χ4v) is 2.85. The van der Waals surface area contributed by atoms with E-state index in [4.69, 9.17) is 4.74 Å². The predicted octanol–water partition coefficient (Wildman–Crippen LogP) is 2.63. The maximum atomic E-state index is 11.3. The first-order chi connectivity index (χ1) is 9.01. The standard InChI is InChI=1S/C14H21NO3S/c1-4-15-14(2,13(16)17)8-9-19-12-7-5-6-11(10-12)18-3/h5-7,10,15H,4,8-9H2,1-3H3,(H,16,17). The third-order valence-electron chi connectivity index (χ3n) is 2.95. The average Bonchev–Trinajstić information content (AvgIpc) is 2.39. The van der Waals surface area contributed by atoms with Gasteiger partial charge in [0.2, 0.25) is 0 Å². The molecule has 0 aliphatic heterocycles. The number of carboxylic acid groups (broad SMARTS) is 1. The molecule has 4 nitrogen and oxygen atoms in total. The van der Waals surface area contributed by atoms with Gasteiger partial charge in [0.15, 0.2) is 0 Å². The van der Waals surface area contributed by atoms with Crippen LogP contribution in [-0.4, -0.2) is 36.0 Å². The van der Waals surface area contributed by atoms with Crippen molar-refractivity contribution in [2.45, 2.75) is 30.7 Å². The molecular weight excluding hydrogens is 262 g/mol. The van der Waals surface area contributed by atoms with Gasteiger partial charge in [0.05, 0.1) is 7.11 Å². The molecule has 0 aliphatic carbocycles. The number of hydrogen-bond donors (Lipinski definition) is 2. The summed E-state index contributed by atoms with van der Waals surface area (Å²) in [7, 11) is 1.64. The molecule has 5 heteroatoms. The van der Waals surface area contributed by atoms with E-state index in [1.54, 1.807) is 25.8 Å². The number of likely N-dealkylation sites (N-methyl/N-ethyl adjacent to an activating group) is 1. The summed E-state index contributed by atoms with van der Waals surface area (Å²) in [5, 5.41) is 12.3. The van der Waals surface area contributed by atoms with Crippen LogP contribution in [0.5, 0.6) is 5.75 Å². The summed E-state index contributed by atoms with van der Waals surface area (Å²) in [6, 6.07) is 7.78. The number of benzene rings is 1. The van der Waals surface area contributed by atoms with E-state index in [0.29, 0.717) is 13.0 Å². The molecule has 0 amide bonds. The highest BCUT2D eigenvalue weighted by Gasteiger charge is 2.31. The Hall–Kier alpha value is -1.20. The van der Waals surface area contributed by atoms with Gasteiger partial charge in [0.25, 0.3) is 0 Å². The number of hydrogen-bond acceptors (Lipinski definition) is 4. The van der Waals surface area contributed by atoms with Gasteiger partial charge in [-0.1, -0.05) is 13.0 Å². The fourth-order valence-electron chi connectivity index (χ4n) is 1.73. The Bertz CT molecular complexity index is 425. The van der Waals surface area contributed by atoms with Gasteiger partial charge in [-0.2, -0.15) is 0 Å². The molecule has 1 aromatic carbocycles. The minimum absolute atomic E-state index is 0.568. The number of carbonyl (C=O) groups is 1. The molecule has 1 aromatic rings. The van der Waals surface area contributed by atoms with Crippen molar-refractivity contribution < 1.29 is 14.6 Å². The first-order valence-corrected chi connectivity index (χ1v) is 7.25. The molecule has 0 saturated carbocycles. The molecule has 0 radical (unpaired) electrons. The molecule has 0 saturated heterocycles. The predicted molar refractivity (Wildman–Crippen MR) is 78.1 cm³/mol. The lowest BCUT2D eigenvalue weighted by atomic mass is 9.99. The Morgan fingerprint density at radius 3 is 2.84 bits per heavy atom. The van der Waals surface area contributed by atoms with Crippen LogP contribution in [0.25, 0.3) is 0 Å². The molecule has 1 rings (SSSR count). The van der Waals surface area contributed by atoms with Crippen molar-refractivity contribution in [3.05, 3.63) is 24.3 Å². The van der Waals surface area contributed by atoms with Gasteiger partial charge in [-0.25, -0.2) is 0 Å². The number of methoxy groups -OCH3 is 1. The molecule has 0 aromatic heterocycles. The molecular formula is C14H21NO3S. The fraction of sp³-hybridized carbons (Fsp3) is 0.500. The summed E-state index contributed by atoms with van der Waals surface area (Å²) >= 11 is 1.64. The molecule has 0 fully saturated rings. The minimum atomic E-state index is -0.860. The summed E-state index contributed by atoms with van der Waals surface area (Å²) in [5.74, 6) is 0.751. The highest BCUT2D eigenvalue weighted by Crippen LogP contribution is 2.25. The van der Waals surface area contributed by atoms with Gasteiger partial charge in [-0.3, -0.25) is 4.79 Å². The van der Waals surface area contributed by atoms with Crippen LogP contribution in [0.15, 0.2) is 29.2 Å². The molecule has 19 heavy (non-hydrogen) atoms. The number of thioether (sulfide) groups is 1. The highest BCUT2D eigenvalue weighted by atomic mass is 32.2. The lowest BCUT2D eigenvalue weighted by Gasteiger charge is -2.25.